The van der Waals surface area contributed by atoms with Crippen molar-refractivity contribution in [3.8, 4) is 28.3 Å². The monoisotopic (exact) mass is 702 g/mol. The molecule has 55 heavy (non-hydrogen) atoms. The molecule has 2 heterocycles. The van der Waals surface area contributed by atoms with Gasteiger partial charge in [-0.1, -0.05) is 109 Å². The van der Waals surface area contributed by atoms with Gasteiger partial charge in [0.25, 0.3) is 0 Å². The first-order valence-electron chi connectivity index (χ1n) is 18.4. The number of nitrogens with zero attached hydrogens (tertiary/aromatic N) is 2. The molecule has 0 aliphatic rings. The van der Waals surface area contributed by atoms with Crippen LogP contribution in [0, 0.1) is 11.3 Å². The van der Waals surface area contributed by atoms with Gasteiger partial charge in [0.05, 0.1) is 11.6 Å². The molecule has 0 aliphatic heterocycles. The lowest BCUT2D eigenvalue weighted by Crippen LogP contribution is -2.09. The number of furan rings is 2. The molecule has 0 radical (unpaired) electrons. The normalized spacial score (nSPS) is 11.6. The van der Waals surface area contributed by atoms with Gasteiger partial charge in [-0.3, -0.25) is 0 Å². The number of rotatable bonds is 5. The van der Waals surface area contributed by atoms with Crippen molar-refractivity contribution in [3.63, 3.8) is 0 Å². The van der Waals surface area contributed by atoms with Gasteiger partial charge in [-0.05, 0) is 93.7 Å². The molecule has 0 N–H and O–H groups in total. The van der Waals surface area contributed by atoms with Crippen LogP contribution in [-0.2, 0) is 0 Å². The fourth-order valence-electron chi connectivity index (χ4n) is 8.11. The zero-order valence-electron chi connectivity index (χ0n) is 29.5. The summed E-state index contributed by atoms with van der Waals surface area (Å²) in [5.41, 5.74) is 11.6. The molecular formula is C51H30N2O2. The molecule has 0 spiro atoms. The minimum atomic E-state index is 0.659. The quantitative estimate of drug-likeness (QED) is 0.179. The summed E-state index contributed by atoms with van der Waals surface area (Å²) >= 11 is 0. The van der Waals surface area contributed by atoms with Gasteiger partial charge in [0, 0.05) is 61.5 Å². The van der Waals surface area contributed by atoms with Crippen molar-refractivity contribution in [1.29, 1.82) is 5.26 Å². The smallest absolute Gasteiger partial charge is 0.143 e. The predicted octanol–water partition coefficient (Wildman–Crippen LogP) is 14.5. The van der Waals surface area contributed by atoms with E-state index in [2.05, 4.69) is 169 Å². The average Bonchev–Trinajstić information content (AvgIpc) is 3.82. The Morgan fingerprint density at radius 2 is 0.764 bits per heavy atom. The molecule has 256 valence electrons. The SMILES string of the molecule is N#Cc1ccc(-c2ccc(-c3ccc(N(c4ccc5c(c4)oc4c6ccccc6ccc54)c4ccc5c(c4)oc4c6ccccc6ccc54)cc3)cc2)cc1. The van der Waals surface area contributed by atoms with Crippen LogP contribution in [-0.4, -0.2) is 0 Å². The third-order valence-electron chi connectivity index (χ3n) is 10.9. The molecular weight excluding hydrogens is 673 g/mol. The zero-order valence-corrected chi connectivity index (χ0v) is 29.5. The third kappa shape index (κ3) is 5.06. The number of hydrogen-bond acceptors (Lipinski definition) is 4. The topological polar surface area (TPSA) is 53.3 Å². The van der Waals surface area contributed by atoms with Crippen molar-refractivity contribution in [2.45, 2.75) is 0 Å². The number of nitriles is 1. The van der Waals surface area contributed by atoms with Crippen LogP contribution in [0.1, 0.15) is 5.56 Å². The summed E-state index contributed by atoms with van der Waals surface area (Å²) in [6.45, 7) is 0. The Labute approximate surface area is 316 Å². The minimum absolute atomic E-state index is 0.659. The van der Waals surface area contributed by atoms with Gasteiger partial charge in [-0.15, -0.1) is 0 Å². The number of hydrogen-bond donors (Lipinski definition) is 0. The number of anilines is 3. The van der Waals surface area contributed by atoms with Gasteiger partial charge in [-0.2, -0.15) is 5.26 Å². The summed E-state index contributed by atoms with van der Waals surface area (Å²) in [6, 6.07) is 65.6. The molecule has 4 heteroatoms. The van der Waals surface area contributed by atoms with Crippen molar-refractivity contribution < 1.29 is 8.83 Å². The van der Waals surface area contributed by atoms with E-state index in [-0.39, 0.29) is 0 Å². The van der Waals surface area contributed by atoms with Crippen molar-refractivity contribution in [1.82, 2.24) is 0 Å². The van der Waals surface area contributed by atoms with Crippen LogP contribution < -0.4 is 4.90 Å². The fourth-order valence-corrected chi connectivity index (χ4v) is 8.11. The van der Waals surface area contributed by atoms with Crippen molar-refractivity contribution >= 4 is 82.5 Å². The van der Waals surface area contributed by atoms with Crippen LogP contribution in [0.4, 0.5) is 17.1 Å². The maximum Gasteiger partial charge on any atom is 0.143 e. The van der Waals surface area contributed by atoms with Gasteiger partial charge in [0.2, 0.25) is 0 Å². The molecule has 0 unspecified atom stereocenters. The molecule has 0 fully saturated rings. The van der Waals surface area contributed by atoms with E-state index < -0.39 is 0 Å². The second kappa shape index (κ2) is 12.2. The lowest BCUT2D eigenvalue weighted by Gasteiger charge is -2.25. The molecule has 11 aromatic rings. The van der Waals surface area contributed by atoms with Crippen LogP contribution in [0.3, 0.4) is 0 Å². The van der Waals surface area contributed by atoms with Crippen LogP contribution in [0.15, 0.2) is 191 Å². The van der Waals surface area contributed by atoms with Crippen molar-refractivity contribution in [2.75, 3.05) is 4.90 Å². The second-order valence-corrected chi connectivity index (χ2v) is 14.0. The van der Waals surface area contributed by atoms with E-state index in [4.69, 9.17) is 8.83 Å². The first-order valence-corrected chi connectivity index (χ1v) is 18.4. The lowest BCUT2D eigenvalue weighted by atomic mass is 9.99. The van der Waals surface area contributed by atoms with Crippen molar-refractivity contribution in [2.24, 2.45) is 0 Å². The highest BCUT2D eigenvalue weighted by Crippen LogP contribution is 2.43. The Hall–Kier alpha value is -7.61. The van der Waals surface area contributed by atoms with Gasteiger partial charge in [-0.25, -0.2) is 0 Å². The summed E-state index contributed by atoms with van der Waals surface area (Å²) in [5, 5.41) is 18.1. The number of benzene rings is 9. The van der Waals surface area contributed by atoms with Gasteiger partial charge >= 0.3 is 0 Å². The maximum absolute atomic E-state index is 9.19. The first-order chi connectivity index (χ1) is 27.2. The van der Waals surface area contributed by atoms with E-state index in [9.17, 15) is 5.26 Å². The summed E-state index contributed by atoms with van der Waals surface area (Å²) in [7, 11) is 0. The van der Waals surface area contributed by atoms with Gasteiger partial charge < -0.3 is 13.7 Å². The Bertz CT molecular complexity index is 3160. The average molecular weight is 703 g/mol. The molecule has 0 atom stereocenters. The standard InChI is InChI=1S/C51H30N2O2/c52-31-32-9-11-33(12-10-32)34-13-15-35(16-14-34)36-17-21-39(22-18-36)53(40-23-27-44-46-25-19-37-5-1-3-7-42(37)50(46)54-48(44)29-40)41-24-28-45-47-26-20-38-6-2-4-8-43(38)51(47)55-49(45)30-41/h1-30H. The Morgan fingerprint density at radius 1 is 0.364 bits per heavy atom. The van der Waals surface area contributed by atoms with Gasteiger partial charge in [0.15, 0.2) is 0 Å². The second-order valence-electron chi connectivity index (χ2n) is 14.0. The van der Waals surface area contributed by atoms with E-state index in [1.807, 2.05) is 24.3 Å². The molecule has 0 aliphatic carbocycles. The van der Waals surface area contributed by atoms with E-state index >= 15 is 0 Å². The summed E-state index contributed by atoms with van der Waals surface area (Å²) in [4.78, 5) is 2.27. The molecule has 0 amide bonds. The lowest BCUT2D eigenvalue weighted by molar-refractivity contribution is 0.672. The molecule has 2 aromatic heterocycles. The van der Waals surface area contributed by atoms with Crippen molar-refractivity contribution in [3.05, 3.63) is 188 Å². The predicted molar refractivity (Wildman–Crippen MR) is 226 cm³/mol. The Kier molecular flexibility index (Phi) is 6.89. The van der Waals surface area contributed by atoms with Crippen LogP contribution in [0.25, 0.3) is 87.7 Å². The van der Waals surface area contributed by atoms with E-state index in [1.54, 1.807) is 0 Å². The molecule has 0 saturated carbocycles. The van der Waals surface area contributed by atoms with Gasteiger partial charge in [0.1, 0.15) is 22.3 Å². The van der Waals surface area contributed by atoms with E-state index in [0.29, 0.717) is 5.56 Å². The fraction of sp³-hybridized carbons (Fsp3) is 0. The zero-order chi connectivity index (χ0) is 36.5. The third-order valence-corrected chi connectivity index (χ3v) is 10.9. The summed E-state index contributed by atoms with van der Waals surface area (Å²) < 4.78 is 13.3. The van der Waals surface area contributed by atoms with E-state index in [1.165, 1.54) is 0 Å². The summed E-state index contributed by atoms with van der Waals surface area (Å²) in [5.74, 6) is 0. The van der Waals surface area contributed by atoms with Crippen LogP contribution >= 0.6 is 0 Å². The minimum Gasteiger partial charge on any atom is -0.455 e. The maximum atomic E-state index is 9.19. The Morgan fingerprint density at radius 3 is 1.24 bits per heavy atom. The molecule has 4 nitrogen and oxygen atoms in total. The Balaban J connectivity index is 1.03. The van der Waals surface area contributed by atoms with Crippen LogP contribution in [0.5, 0.6) is 0 Å². The molecule has 11 rings (SSSR count). The highest BCUT2D eigenvalue weighted by molar-refractivity contribution is 6.17. The number of fused-ring (bicyclic) bond motifs is 10. The molecule has 0 bridgehead atoms. The molecule has 0 saturated heterocycles. The first kappa shape index (κ1) is 31.0. The largest absolute Gasteiger partial charge is 0.455 e. The highest BCUT2D eigenvalue weighted by atomic mass is 16.3. The van der Waals surface area contributed by atoms with Crippen LogP contribution in [0.2, 0.25) is 0 Å². The summed E-state index contributed by atoms with van der Waals surface area (Å²) in [6.07, 6.45) is 0. The molecule has 9 aromatic carbocycles. The van der Waals surface area contributed by atoms with E-state index in [0.717, 1.165) is 105 Å². The highest BCUT2D eigenvalue weighted by Gasteiger charge is 2.19.